The summed E-state index contributed by atoms with van der Waals surface area (Å²) in [5.74, 6) is -0.206. The molecular formula is C50H57N9O6S. The number of ether oxygens (including phenoxy) is 2. The number of aromatic nitrogens is 4. The summed E-state index contributed by atoms with van der Waals surface area (Å²) in [5.41, 5.74) is 8.87. The molecule has 3 aromatic heterocycles. The number of methoxy groups -OCH3 is 1. The van der Waals surface area contributed by atoms with E-state index >= 15 is 0 Å². The number of hydrogen-bond donors (Lipinski definition) is 4. The maximum atomic E-state index is 14.2. The number of likely N-dealkylation sites (tertiary alicyclic amines) is 1. The zero-order valence-electron chi connectivity index (χ0n) is 38.4. The molecule has 66 heavy (non-hydrogen) atoms. The molecule has 3 aromatic carbocycles. The number of nitrogens with zero attached hydrogens (tertiary/aromatic N) is 5. The van der Waals surface area contributed by atoms with E-state index in [2.05, 4.69) is 42.2 Å². The Morgan fingerprint density at radius 1 is 0.955 bits per heavy atom. The zero-order valence-corrected chi connectivity index (χ0v) is 39.3. The molecule has 0 bridgehead atoms. The molecule has 1 saturated heterocycles. The van der Waals surface area contributed by atoms with Gasteiger partial charge in [0.05, 0.1) is 53.3 Å². The van der Waals surface area contributed by atoms with Gasteiger partial charge in [0.1, 0.15) is 29.3 Å². The second-order valence-corrected chi connectivity index (χ2v) is 18.5. The van der Waals surface area contributed by atoms with Gasteiger partial charge in [0, 0.05) is 25.8 Å². The lowest BCUT2D eigenvalue weighted by Crippen LogP contribution is -2.57. The van der Waals surface area contributed by atoms with Crippen LogP contribution in [0.5, 0.6) is 11.5 Å². The highest BCUT2D eigenvalue weighted by atomic mass is 32.1. The van der Waals surface area contributed by atoms with Crippen LogP contribution in [0.4, 0.5) is 5.69 Å². The minimum absolute atomic E-state index is 0.000241. The van der Waals surface area contributed by atoms with Gasteiger partial charge in [-0.05, 0) is 116 Å². The molecule has 2 atom stereocenters. The lowest BCUT2D eigenvalue weighted by molar-refractivity contribution is -0.144. The number of aromatic amines is 1. The standard InChI is InChI=1S/C50H57N9O6S/c1-31-45(66-30-52-31)34-15-13-32(14-16-34)28-51-48(62)42-12-9-22-59(42)49(63)46(50(2,3)4)56-44(60)20-23-65-37-25-33(29-58(5)6)24-36(26-37)35-17-18-40(43(27-35)64-7)55-47(61)41-11-8-10-38(54-41)39-19-21-53-57-39/h8,10-11,13-19,21,24-27,30,42,46H,9,12,20,22-23,28-29H2,1-7H3,(H,51,62)(H,53,57)(H,55,61)(H,56,60)/t42-,46+/m0/s1. The van der Waals surface area contributed by atoms with E-state index in [-0.39, 0.29) is 36.4 Å². The second kappa shape index (κ2) is 20.9. The lowest BCUT2D eigenvalue weighted by Gasteiger charge is -2.35. The number of nitrogens with one attached hydrogen (secondary N) is 4. The van der Waals surface area contributed by atoms with Gasteiger partial charge in [-0.2, -0.15) is 5.10 Å². The highest BCUT2D eigenvalue weighted by Crippen LogP contribution is 2.34. The van der Waals surface area contributed by atoms with E-state index in [0.29, 0.717) is 61.1 Å². The largest absolute Gasteiger partial charge is 0.495 e. The Labute approximate surface area is 389 Å². The first-order valence-electron chi connectivity index (χ1n) is 21.9. The predicted molar refractivity (Wildman–Crippen MR) is 256 cm³/mol. The van der Waals surface area contributed by atoms with Gasteiger partial charge in [-0.3, -0.25) is 24.3 Å². The number of carbonyl (C=O) groups is 4. The third kappa shape index (κ3) is 11.7. The van der Waals surface area contributed by atoms with E-state index in [1.54, 1.807) is 59.9 Å². The van der Waals surface area contributed by atoms with E-state index < -0.39 is 23.4 Å². The number of benzene rings is 3. The summed E-state index contributed by atoms with van der Waals surface area (Å²) in [7, 11) is 5.50. The Morgan fingerprint density at radius 2 is 1.74 bits per heavy atom. The van der Waals surface area contributed by atoms with Gasteiger partial charge in [-0.25, -0.2) is 9.97 Å². The molecule has 4 amide bonds. The third-order valence-corrected chi connectivity index (χ3v) is 12.3. The maximum absolute atomic E-state index is 14.2. The van der Waals surface area contributed by atoms with Gasteiger partial charge in [0.15, 0.2) is 0 Å². The van der Waals surface area contributed by atoms with Crippen molar-refractivity contribution < 1.29 is 28.7 Å². The quantitative estimate of drug-likeness (QED) is 0.0715. The van der Waals surface area contributed by atoms with Crippen molar-refractivity contribution in [1.82, 2.24) is 40.6 Å². The SMILES string of the molecule is COc1cc(-c2cc(CN(C)C)cc(OCCC(=O)N[C@H](C(=O)N3CCC[C@H]3C(=O)NCc3ccc(-c4scnc4C)cc3)C(C)(C)C)c2)ccc1NC(=O)c1cccc(-c2ccn[nH]2)n1. The molecule has 4 heterocycles. The number of amides is 4. The van der Waals surface area contributed by atoms with Crippen LogP contribution in [-0.4, -0.2) is 100 Å². The number of aryl methyl sites for hydroxylation is 1. The van der Waals surface area contributed by atoms with E-state index in [1.807, 2.05) is 101 Å². The summed E-state index contributed by atoms with van der Waals surface area (Å²) < 4.78 is 11.9. The van der Waals surface area contributed by atoms with Crippen LogP contribution in [0.3, 0.4) is 0 Å². The van der Waals surface area contributed by atoms with Crippen LogP contribution in [0.25, 0.3) is 33.0 Å². The summed E-state index contributed by atoms with van der Waals surface area (Å²) in [5, 5.41) is 15.8. The highest BCUT2D eigenvalue weighted by molar-refractivity contribution is 7.13. The monoisotopic (exact) mass is 911 g/mol. The normalized spacial score (nSPS) is 14.2. The predicted octanol–water partition coefficient (Wildman–Crippen LogP) is 7.50. The van der Waals surface area contributed by atoms with Crippen molar-refractivity contribution in [1.29, 1.82) is 0 Å². The fourth-order valence-corrected chi connectivity index (χ4v) is 8.72. The molecule has 0 saturated carbocycles. The minimum Gasteiger partial charge on any atom is -0.495 e. The van der Waals surface area contributed by atoms with Crippen LogP contribution in [0.2, 0.25) is 0 Å². The van der Waals surface area contributed by atoms with Crippen molar-refractivity contribution in [2.24, 2.45) is 5.41 Å². The Hall–Kier alpha value is -6.91. The fourth-order valence-electron chi connectivity index (χ4n) is 7.91. The molecule has 0 aliphatic carbocycles. The molecule has 1 fully saturated rings. The molecule has 0 radical (unpaired) electrons. The van der Waals surface area contributed by atoms with E-state index in [1.165, 1.54) is 0 Å². The number of H-pyrrole nitrogens is 1. The Bertz CT molecular complexity index is 2660. The average Bonchev–Trinajstić information content (AvgIpc) is 4.11. The van der Waals surface area contributed by atoms with Gasteiger partial charge in [-0.15, -0.1) is 11.3 Å². The summed E-state index contributed by atoms with van der Waals surface area (Å²) in [6, 6.07) is 24.9. The molecular weight excluding hydrogens is 855 g/mol. The zero-order chi connectivity index (χ0) is 47.0. The summed E-state index contributed by atoms with van der Waals surface area (Å²) in [6.45, 7) is 9.15. The smallest absolute Gasteiger partial charge is 0.274 e. The van der Waals surface area contributed by atoms with Crippen molar-refractivity contribution in [2.45, 2.75) is 72.1 Å². The van der Waals surface area contributed by atoms with Gasteiger partial charge in [0.2, 0.25) is 17.7 Å². The summed E-state index contributed by atoms with van der Waals surface area (Å²) in [6.07, 6.45) is 2.86. The molecule has 1 aliphatic rings. The molecule has 7 rings (SSSR count). The summed E-state index contributed by atoms with van der Waals surface area (Å²) in [4.78, 5) is 68.2. The Kier molecular flexibility index (Phi) is 14.9. The summed E-state index contributed by atoms with van der Waals surface area (Å²) >= 11 is 1.59. The first kappa shape index (κ1) is 47.1. The molecule has 344 valence electrons. The van der Waals surface area contributed by atoms with E-state index in [9.17, 15) is 19.2 Å². The van der Waals surface area contributed by atoms with Gasteiger partial charge in [0.25, 0.3) is 5.91 Å². The lowest BCUT2D eigenvalue weighted by atomic mass is 9.85. The molecule has 0 spiro atoms. The number of hydrogen-bond acceptors (Lipinski definition) is 11. The maximum Gasteiger partial charge on any atom is 0.274 e. The van der Waals surface area contributed by atoms with Crippen molar-refractivity contribution in [3.05, 3.63) is 119 Å². The van der Waals surface area contributed by atoms with Crippen LogP contribution in [0.1, 0.15) is 67.3 Å². The van der Waals surface area contributed by atoms with Gasteiger partial charge in [-0.1, -0.05) is 57.2 Å². The van der Waals surface area contributed by atoms with Crippen LogP contribution >= 0.6 is 11.3 Å². The second-order valence-electron chi connectivity index (χ2n) is 17.7. The molecule has 4 N–H and O–H groups in total. The van der Waals surface area contributed by atoms with E-state index in [4.69, 9.17) is 9.47 Å². The number of pyridine rings is 1. The number of thiazole rings is 1. The molecule has 15 nitrogen and oxygen atoms in total. The molecule has 1 aliphatic heterocycles. The van der Waals surface area contributed by atoms with Crippen LogP contribution in [0.15, 0.2) is 96.6 Å². The fraction of sp³-hybridized carbons (Fsp3) is 0.340. The van der Waals surface area contributed by atoms with Crippen molar-refractivity contribution in [3.8, 4) is 44.5 Å². The molecule has 16 heteroatoms. The number of rotatable bonds is 17. The Balaban J connectivity index is 0.968. The van der Waals surface area contributed by atoms with Gasteiger partial charge < -0.3 is 35.2 Å². The molecule has 0 unspecified atom stereocenters. The first-order chi connectivity index (χ1) is 31.7. The van der Waals surface area contributed by atoms with Gasteiger partial charge >= 0.3 is 0 Å². The van der Waals surface area contributed by atoms with Crippen molar-refractivity contribution in [2.75, 3.05) is 39.7 Å². The van der Waals surface area contributed by atoms with Crippen molar-refractivity contribution >= 4 is 40.7 Å². The topological polar surface area (TPSA) is 184 Å². The van der Waals surface area contributed by atoms with Crippen molar-refractivity contribution in [3.63, 3.8) is 0 Å². The van der Waals surface area contributed by atoms with Crippen LogP contribution in [-0.2, 0) is 27.5 Å². The van der Waals surface area contributed by atoms with E-state index in [0.717, 1.165) is 38.4 Å². The minimum atomic E-state index is -0.859. The third-order valence-electron chi connectivity index (χ3n) is 11.3. The van der Waals surface area contributed by atoms with Crippen LogP contribution in [0, 0.1) is 12.3 Å². The molecule has 6 aromatic rings. The number of anilines is 1. The Morgan fingerprint density at radius 3 is 2.44 bits per heavy atom. The van der Waals surface area contributed by atoms with Crippen LogP contribution < -0.4 is 25.4 Å². The first-order valence-corrected chi connectivity index (χ1v) is 22.8. The number of carbonyl (C=O) groups excluding carboxylic acids is 4. The average molecular weight is 912 g/mol. The highest BCUT2D eigenvalue weighted by Gasteiger charge is 2.41.